The molecule has 1 aromatic rings. The normalized spacial score (nSPS) is 14.5. The van der Waals surface area contributed by atoms with Crippen molar-refractivity contribution in [2.45, 2.75) is 19.0 Å². The topological polar surface area (TPSA) is 74.7 Å². The number of hydrogen-bond acceptors (Lipinski definition) is 3. The Hall–Kier alpha value is -2.38. The van der Waals surface area contributed by atoms with E-state index in [1.807, 2.05) is 0 Å². The Balaban J connectivity index is 2.28. The van der Waals surface area contributed by atoms with Gasteiger partial charge in [-0.2, -0.15) is 13.2 Å². The minimum absolute atomic E-state index is 0.0325. The third-order valence-corrected chi connectivity index (χ3v) is 3.07. The summed E-state index contributed by atoms with van der Waals surface area (Å²) < 4.78 is 37.8. The van der Waals surface area contributed by atoms with Gasteiger partial charge in [0.2, 0.25) is 0 Å². The number of Topliss-reactive ketones (excluding diaryl/α,β-unsaturated/α-hetero) is 1. The molecule has 0 aromatic heterocycles. The van der Waals surface area contributed by atoms with Crippen LogP contribution >= 0.6 is 0 Å². The summed E-state index contributed by atoms with van der Waals surface area (Å²) in [6.07, 6.45) is -4.70. The van der Waals surface area contributed by atoms with Crippen LogP contribution in [0.3, 0.4) is 0 Å². The van der Waals surface area contributed by atoms with Crippen molar-refractivity contribution in [3.8, 4) is 0 Å². The van der Waals surface area contributed by atoms with Gasteiger partial charge in [-0.3, -0.25) is 14.4 Å². The molecule has 1 aliphatic heterocycles. The quantitative estimate of drug-likeness (QED) is 0.864. The smallest absolute Gasteiger partial charge is 0.416 e. The first-order valence-corrected chi connectivity index (χ1v) is 6.01. The van der Waals surface area contributed by atoms with Gasteiger partial charge in [0.1, 0.15) is 0 Å². The van der Waals surface area contributed by atoms with Crippen LogP contribution in [0.5, 0.6) is 0 Å². The Bertz CT molecular complexity index is 624. The maximum absolute atomic E-state index is 12.6. The van der Waals surface area contributed by atoms with Crippen molar-refractivity contribution in [2.24, 2.45) is 0 Å². The van der Waals surface area contributed by atoms with Crippen LogP contribution in [0.1, 0.15) is 28.8 Å². The first-order valence-electron chi connectivity index (χ1n) is 6.01. The van der Waals surface area contributed by atoms with Crippen LogP contribution in [0.4, 0.5) is 18.9 Å². The monoisotopic (exact) mass is 301 g/mol. The Morgan fingerprint density at radius 1 is 1.24 bits per heavy atom. The number of hydrogen-bond donors (Lipinski definition) is 1. The van der Waals surface area contributed by atoms with Gasteiger partial charge in [0.25, 0.3) is 11.7 Å². The molecule has 1 aliphatic rings. The molecule has 0 aliphatic carbocycles. The first kappa shape index (κ1) is 15.0. The number of nitrogens with zero attached hydrogens (tertiary/aromatic N) is 1. The van der Waals surface area contributed by atoms with Gasteiger partial charge in [0.15, 0.2) is 0 Å². The average molecular weight is 301 g/mol. The molecule has 1 aromatic carbocycles. The number of ketones is 1. The maximum atomic E-state index is 12.6. The van der Waals surface area contributed by atoms with Crippen LogP contribution in [0, 0.1) is 0 Å². The van der Waals surface area contributed by atoms with Crippen LogP contribution in [0.25, 0.3) is 0 Å². The van der Waals surface area contributed by atoms with Crippen molar-refractivity contribution >= 4 is 23.3 Å². The number of anilines is 1. The molecular formula is C13H10F3NO4. The van der Waals surface area contributed by atoms with E-state index in [-0.39, 0.29) is 30.6 Å². The highest BCUT2D eigenvalue weighted by atomic mass is 19.4. The van der Waals surface area contributed by atoms with E-state index in [1.165, 1.54) is 0 Å². The molecule has 21 heavy (non-hydrogen) atoms. The van der Waals surface area contributed by atoms with E-state index in [2.05, 4.69) is 0 Å². The van der Waals surface area contributed by atoms with Crippen molar-refractivity contribution in [2.75, 3.05) is 11.4 Å². The van der Waals surface area contributed by atoms with Crippen LogP contribution in [0.2, 0.25) is 0 Å². The van der Waals surface area contributed by atoms with E-state index in [0.717, 1.165) is 17.0 Å². The number of carbonyl (C=O) groups is 3. The van der Waals surface area contributed by atoms with Gasteiger partial charge in [-0.25, -0.2) is 0 Å². The van der Waals surface area contributed by atoms with Gasteiger partial charge in [0.05, 0.1) is 16.8 Å². The van der Waals surface area contributed by atoms with E-state index < -0.39 is 29.4 Å². The molecule has 0 radical (unpaired) electrons. The van der Waals surface area contributed by atoms with E-state index in [4.69, 9.17) is 5.11 Å². The van der Waals surface area contributed by atoms with Gasteiger partial charge in [-0.15, -0.1) is 0 Å². The number of amides is 1. The van der Waals surface area contributed by atoms with Crippen molar-refractivity contribution in [3.63, 3.8) is 0 Å². The minimum atomic E-state index is -4.60. The molecule has 1 heterocycles. The lowest BCUT2D eigenvalue weighted by Crippen LogP contribution is -2.30. The molecule has 0 bridgehead atoms. The number of alkyl halides is 3. The first-order chi connectivity index (χ1) is 9.71. The van der Waals surface area contributed by atoms with E-state index in [1.54, 1.807) is 0 Å². The third kappa shape index (κ3) is 2.88. The SMILES string of the molecule is O=C(O)CCCN1C(=O)C(=O)c2cc(C(F)(F)F)ccc21. The fourth-order valence-electron chi connectivity index (χ4n) is 2.09. The van der Waals surface area contributed by atoms with Gasteiger partial charge in [-0.05, 0) is 24.6 Å². The predicted octanol–water partition coefficient (Wildman–Crippen LogP) is 2.10. The number of carbonyl (C=O) groups excluding carboxylic acids is 2. The van der Waals surface area contributed by atoms with Gasteiger partial charge in [-0.1, -0.05) is 0 Å². The predicted molar refractivity (Wildman–Crippen MR) is 65.0 cm³/mol. The molecule has 112 valence electrons. The molecule has 2 rings (SSSR count). The molecule has 0 saturated carbocycles. The summed E-state index contributed by atoms with van der Waals surface area (Å²) >= 11 is 0. The summed E-state index contributed by atoms with van der Waals surface area (Å²) in [7, 11) is 0. The number of fused-ring (bicyclic) bond motifs is 1. The highest BCUT2D eigenvalue weighted by molar-refractivity contribution is 6.52. The average Bonchev–Trinajstić information content (AvgIpc) is 2.62. The van der Waals surface area contributed by atoms with Crippen LogP contribution in [-0.2, 0) is 15.8 Å². The fourth-order valence-corrected chi connectivity index (χ4v) is 2.09. The Labute approximate surface area is 117 Å². The summed E-state index contributed by atoms with van der Waals surface area (Å²) in [5.74, 6) is -3.00. The Kier molecular flexibility index (Phi) is 3.71. The summed E-state index contributed by atoms with van der Waals surface area (Å²) in [5.41, 5.74) is -1.22. The Morgan fingerprint density at radius 3 is 2.48 bits per heavy atom. The van der Waals surface area contributed by atoms with Crippen LogP contribution in [0.15, 0.2) is 18.2 Å². The molecule has 0 atom stereocenters. The molecule has 1 amide bonds. The highest BCUT2D eigenvalue weighted by Gasteiger charge is 2.39. The largest absolute Gasteiger partial charge is 0.481 e. The summed E-state index contributed by atoms with van der Waals surface area (Å²) in [4.78, 5) is 34.9. The maximum Gasteiger partial charge on any atom is 0.416 e. The third-order valence-electron chi connectivity index (χ3n) is 3.07. The second kappa shape index (κ2) is 5.19. The zero-order valence-electron chi connectivity index (χ0n) is 10.6. The summed E-state index contributed by atoms with van der Waals surface area (Å²) in [5, 5.41) is 8.53. The number of rotatable bonds is 4. The summed E-state index contributed by atoms with van der Waals surface area (Å²) in [6, 6.07) is 2.49. The molecule has 0 unspecified atom stereocenters. The van der Waals surface area contributed by atoms with Crippen molar-refractivity contribution in [3.05, 3.63) is 29.3 Å². The number of benzene rings is 1. The highest BCUT2D eigenvalue weighted by Crippen LogP contribution is 2.36. The Morgan fingerprint density at radius 2 is 1.90 bits per heavy atom. The standard InChI is InChI=1S/C13H10F3NO4/c14-13(15,16)7-3-4-9-8(6-7)11(20)12(21)17(9)5-1-2-10(18)19/h3-4,6H,1-2,5H2,(H,18,19). The molecular weight excluding hydrogens is 291 g/mol. The van der Waals surface area contributed by atoms with Crippen LogP contribution in [-0.4, -0.2) is 29.3 Å². The number of carboxylic acid groups (broad SMARTS) is 1. The molecule has 0 spiro atoms. The van der Waals surface area contributed by atoms with Crippen molar-refractivity contribution in [1.29, 1.82) is 0 Å². The zero-order chi connectivity index (χ0) is 15.8. The second-order valence-corrected chi connectivity index (χ2v) is 4.51. The second-order valence-electron chi connectivity index (χ2n) is 4.51. The van der Waals surface area contributed by atoms with Crippen molar-refractivity contribution < 1.29 is 32.7 Å². The van der Waals surface area contributed by atoms with E-state index in [0.29, 0.717) is 6.07 Å². The van der Waals surface area contributed by atoms with Crippen molar-refractivity contribution in [1.82, 2.24) is 0 Å². The van der Waals surface area contributed by atoms with Gasteiger partial charge < -0.3 is 10.0 Å². The lowest BCUT2D eigenvalue weighted by atomic mass is 10.1. The molecule has 5 nitrogen and oxygen atoms in total. The number of halogens is 3. The van der Waals surface area contributed by atoms with Gasteiger partial charge in [0, 0.05) is 13.0 Å². The lowest BCUT2D eigenvalue weighted by Gasteiger charge is -2.16. The molecule has 0 saturated heterocycles. The fraction of sp³-hybridized carbons (Fsp3) is 0.308. The molecule has 8 heteroatoms. The minimum Gasteiger partial charge on any atom is -0.481 e. The lowest BCUT2D eigenvalue weighted by molar-refractivity contribution is -0.138. The van der Waals surface area contributed by atoms with Crippen LogP contribution < -0.4 is 4.90 Å². The molecule has 1 N–H and O–H groups in total. The number of carboxylic acids is 1. The number of aliphatic carboxylic acids is 1. The zero-order valence-corrected chi connectivity index (χ0v) is 10.6. The van der Waals surface area contributed by atoms with Gasteiger partial charge >= 0.3 is 12.1 Å². The molecule has 0 fully saturated rings. The van der Waals surface area contributed by atoms with E-state index >= 15 is 0 Å². The summed E-state index contributed by atoms with van der Waals surface area (Å²) in [6.45, 7) is -0.0325. The van der Waals surface area contributed by atoms with E-state index in [9.17, 15) is 27.6 Å².